The molecule has 168 valence electrons. The Morgan fingerprint density at radius 1 is 1.22 bits per heavy atom. The van der Waals surface area contributed by atoms with E-state index in [9.17, 15) is 9.59 Å². The van der Waals surface area contributed by atoms with Crippen molar-refractivity contribution in [2.75, 3.05) is 20.3 Å². The molecule has 8 nitrogen and oxygen atoms in total. The van der Waals surface area contributed by atoms with Crippen LogP contribution in [0.3, 0.4) is 0 Å². The fourth-order valence-electron chi connectivity index (χ4n) is 4.03. The highest BCUT2D eigenvalue weighted by Gasteiger charge is 2.42. The molecule has 32 heavy (non-hydrogen) atoms. The molecule has 1 saturated carbocycles. The number of rotatable bonds is 8. The number of carbonyl (C=O) groups excluding carboxylic acids is 2. The highest BCUT2D eigenvalue weighted by atomic mass is 32.1. The Morgan fingerprint density at radius 3 is 2.75 bits per heavy atom. The maximum atomic E-state index is 12.9. The summed E-state index contributed by atoms with van der Waals surface area (Å²) in [5.74, 6) is 0.215. The van der Waals surface area contributed by atoms with Gasteiger partial charge in [-0.3, -0.25) is 9.59 Å². The van der Waals surface area contributed by atoms with E-state index in [4.69, 9.17) is 9.26 Å². The first kappa shape index (κ1) is 22.2. The van der Waals surface area contributed by atoms with E-state index < -0.39 is 0 Å². The van der Waals surface area contributed by atoms with Crippen molar-refractivity contribution in [1.29, 1.82) is 0 Å². The van der Waals surface area contributed by atoms with Gasteiger partial charge >= 0.3 is 0 Å². The predicted octanol–water partition coefficient (Wildman–Crippen LogP) is 3.16. The van der Waals surface area contributed by atoms with Gasteiger partial charge in [0.2, 0.25) is 17.6 Å². The molecule has 2 aromatic heterocycles. The van der Waals surface area contributed by atoms with Crippen LogP contribution in [0, 0.1) is 12.8 Å². The Hall–Kier alpha value is -3.04. The first-order valence-electron chi connectivity index (χ1n) is 10.6. The van der Waals surface area contributed by atoms with Gasteiger partial charge in [-0.15, -0.1) is 11.3 Å². The lowest BCUT2D eigenvalue weighted by Crippen LogP contribution is -2.37. The zero-order valence-corrected chi connectivity index (χ0v) is 18.9. The summed E-state index contributed by atoms with van der Waals surface area (Å²) in [7, 11) is 1.59. The summed E-state index contributed by atoms with van der Waals surface area (Å²) in [4.78, 5) is 30.8. The second-order valence-corrected chi connectivity index (χ2v) is 8.81. The van der Waals surface area contributed by atoms with Gasteiger partial charge in [-0.1, -0.05) is 35.5 Å². The molecule has 1 aliphatic rings. The molecule has 2 N–H and O–H groups in total. The lowest BCUT2D eigenvalue weighted by atomic mass is 10.0. The van der Waals surface area contributed by atoms with Crippen molar-refractivity contribution < 1.29 is 18.8 Å². The summed E-state index contributed by atoms with van der Waals surface area (Å²) < 4.78 is 10.6. The summed E-state index contributed by atoms with van der Waals surface area (Å²) in [6.07, 6.45) is 1.02. The molecular formula is C23H26N4O4S. The van der Waals surface area contributed by atoms with E-state index in [0.717, 1.165) is 11.1 Å². The largest absolute Gasteiger partial charge is 0.383 e. The van der Waals surface area contributed by atoms with Gasteiger partial charge in [0.1, 0.15) is 0 Å². The van der Waals surface area contributed by atoms with Crippen LogP contribution in [0.2, 0.25) is 0 Å². The van der Waals surface area contributed by atoms with E-state index in [1.54, 1.807) is 7.11 Å². The van der Waals surface area contributed by atoms with E-state index >= 15 is 0 Å². The zero-order chi connectivity index (χ0) is 22.5. The second-order valence-electron chi connectivity index (χ2n) is 7.89. The number of methoxy groups -OCH3 is 1. The molecule has 1 aromatic carbocycles. The standard InChI is InChI=1S/C23H26N4O4S/c1-14-8-11-32-19(14)22(29)25-18-13-16(21(28)24-9-10-30-2)12-17(18)23-26-20(27-31-23)15-6-4-3-5-7-15/h3-8,11,16-18H,9-10,12-13H2,1-2H3,(H,24,28)(H,25,29). The Labute approximate surface area is 190 Å². The molecule has 0 bridgehead atoms. The third kappa shape index (κ3) is 4.89. The van der Waals surface area contributed by atoms with Crippen LogP contribution in [0.1, 0.15) is 39.9 Å². The van der Waals surface area contributed by atoms with Crippen LogP contribution in [0.4, 0.5) is 0 Å². The van der Waals surface area contributed by atoms with E-state index in [1.165, 1.54) is 11.3 Å². The molecule has 3 aromatic rings. The smallest absolute Gasteiger partial charge is 0.261 e. The number of nitrogens with one attached hydrogen (secondary N) is 2. The van der Waals surface area contributed by atoms with Gasteiger partial charge in [0, 0.05) is 31.2 Å². The Morgan fingerprint density at radius 2 is 2.03 bits per heavy atom. The van der Waals surface area contributed by atoms with Crippen molar-refractivity contribution in [1.82, 2.24) is 20.8 Å². The number of ether oxygens (including phenoxy) is 1. The van der Waals surface area contributed by atoms with E-state index in [-0.39, 0.29) is 29.7 Å². The number of amides is 2. The van der Waals surface area contributed by atoms with Crippen molar-refractivity contribution in [3.05, 3.63) is 58.1 Å². The van der Waals surface area contributed by atoms with E-state index in [2.05, 4.69) is 20.8 Å². The van der Waals surface area contributed by atoms with Crippen LogP contribution in [-0.2, 0) is 9.53 Å². The van der Waals surface area contributed by atoms with Crippen LogP contribution < -0.4 is 10.6 Å². The Bertz CT molecular complexity index is 1060. The minimum Gasteiger partial charge on any atom is -0.383 e. The normalized spacial score (nSPS) is 20.2. The number of benzene rings is 1. The quantitative estimate of drug-likeness (QED) is 0.507. The number of hydrogen-bond acceptors (Lipinski definition) is 7. The van der Waals surface area contributed by atoms with Gasteiger partial charge in [0.25, 0.3) is 5.91 Å². The van der Waals surface area contributed by atoms with Crippen molar-refractivity contribution in [2.24, 2.45) is 5.92 Å². The molecule has 0 aliphatic heterocycles. The first-order valence-corrected chi connectivity index (χ1v) is 11.5. The number of carbonyl (C=O) groups is 2. The number of nitrogens with zero attached hydrogens (tertiary/aromatic N) is 2. The Kier molecular flexibility index (Phi) is 6.96. The van der Waals surface area contributed by atoms with Gasteiger partial charge in [0.05, 0.1) is 17.4 Å². The number of hydrogen-bond donors (Lipinski definition) is 2. The fraction of sp³-hybridized carbons (Fsp3) is 0.391. The summed E-state index contributed by atoms with van der Waals surface area (Å²) >= 11 is 1.40. The van der Waals surface area contributed by atoms with Crippen molar-refractivity contribution >= 4 is 23.2 Å². The molecule has 9 heteroatoms. The lowest BCUT2D eigenvalue weighted by Gasteiger charge is -2.17. The first-order chi connectivity index (χ1) is 15.6. The summed E-state index contributed by atoms with van der Waals surface area (Å²) in [5.41, 5.74) is 1.78. The highest BCUT2D eigenvalue weighted by molar-refractivity contribution is 7.12. The molecule has 1 fully saturated rings. The Balaban J connectivity index is 1.54. The van der Waals surface area contributed by atoms with Crippen LogP contribution in [0.5, 0.6) is 0 Å². The molecule has 3 unspecified atom stereocenters. The zero-order valence-electron chi connectivity index (χ0n) is 18.0. The monoisotopic (exact) mass is 454 g/mol. The molecule has 0 radical (unpaired) electrons. The molecule has 1 aliphatic carbocycles. The van der Waals surface area contributed by atoms with Gasteiger partial charge < -0.3 is 19.9 Å². The maximum Gasteiger partial charge on any atom is 0.261 e. The van der Waals surface area contributed by atoms with Gasteiger partial charge in [-0.2, -0.15) is 4.98 Å². The van der Waals surface area contributed by atoms with Crippen LogP contribution in [-0.4, -0.2) is 48.3 Å². The number of aryl methyl sites for hydroxylation is 1. The minimum absolute atomic E-state index is 0.0566. The van der Waals surface area contributed by atoms with Crippen LogP contribution in [0.15, 0.2) is 46.3 Å². The summed E-state index contributed by atoms with van der Waals surface area (Å²) in [6, 6.07) is 11.2. The van der Waals surface area contributed by atoms with Gasteiger partial charge in [-0.25, -0.2) is 0 Å². The molecular weight excluding hydrogens is 428 g/mol. The second kappa shape index (κ2) is 10.1. The third-order valence-electron chi connectivity index (χ3n) is 5.71. The van der Waals surface area contributed by atoms with Crippen LogP contribution in [0.25, 0.3) is 11.4 Å². The molecule has 2 amide bonds. The van der Waals surface area contributed by atoms with Gasteiger partial charge in [0.15, 0.2) is 0 Å². The van der Waals surface area contributed by atoms with Crippen molar-refractivity contribution in [3.63, 3.8) is 0 Å². The fourth-order valence-corrected chi connectivity index (χ4v) is 4.86. The van der Waals surface area contributed by atoms with Crippen molar-refractivity contribution in [2.45, 2.75) is 31.7 Å². The number of aromatic nitrogens is 2. The number of thiophene rings is 1. The molecule has 3 atom stereocenters. The summed E-state index contributed by atoms with van der Waals surface area (Å²) in [5, 5.41) is 12.0. The van der Waals surface area contributed by atoms with Crippen LogP contribution >= 0.6 is 11.3 Å². The van der Waals surface area contributed by atoms with Crippen molar-refractivity contribution in [3.8, 4) is 11.4 Å². The SMILES string of the molecule is COCCNC(=O)C1CC(NC(=O)c2sccc2C)C(c2nc(-c3ccccc3)no2)C1. The molecule has 4 rings (SSSR count). The maximum absolute atomic E-state index is 12.9. The average molecular weight is 455 g/mol. The molecule has 0 saturated heterocycles. The summed E-state index contributed by atoms with van der Waals surface area (Å²) in [6.45, 7) is 2.80. The highest BCUT2D eigenvalue weighted by Crippen LogP contribution is 2.39. The molecule has 2 heterocycles. The van der Waals surface area contributed by atoms with E-state index in [0.29, 0.717) is 42.6 Å². The third-order valence-corrected chi connectivity index (χ3v) is 6.73. The van der Waals surface area contributed by atoms with E-state index in [1.807, 2.05) is 48.7 Å². The topological polar surface area (TPSA) is 106 Å². The lowest BCUT2D eigenvalue weighted by molar-refractivity contribution is -0.125. The molecule has 0 spiro atoms. The minimum atomic E-state index is -0.286. The van der Waals surface area contributed by atoms with Gasteiger partial charge in [-0.05, 0) is 36.8 Å². The predicted molar refractivity (Wildman–Crippen MR) is 120 cm³/mol. The average Bonchev–Trinajstić information content (AvgIpc) is 3.54.